The highest BCUT2D eigenvalue weighted by Gasteiger charge is 2.34. The molecule has 6 heteroatoms. The van der Waals surface area contributed by atoms with Crippen LogP contribution in [0.3, 0.4) is 0 Å². The van der Waals surface area contributed by atoms with Gasteiger partial charge in [0.2, 0.25) is 0 Å². The first-order chi connectivity index (χ1) is 18.6. The fourth-order valence-corrected chi connectivity index (χ4v) is 5.27. The molecule has 0 radical (unpaired) electrons. The van der Waals surface area contributed by atoms with Crippen LogP contribution in [-0.4, -0.2) is 27.3 Å². The molecule has 1 fully saturated rings. The van der Waals surface area contributed by atoms with Crippen molar-refractivity contribution in [2.24, 2.45) is 11.3 Å². The summed E-state index contributed by atoms with van der Waals surface area (Å²) in [6, 6.07) is 18.7. The number of carbonyl (C=O) groups is 1. The van der Waals surface area contributed by atoms with Crippen LogP contribution in [0, 0.1) is 17.2 Å². The number of halogens is 1. The van der Waals surface area contributed by atoms with Crippen LogP contribution in [0.2, 0.25) is 0 Å². The molecule has 3 aromatic carbocycles. The predicted octanol–water partition coefficient (Wildman–Crippen LogP) is 7.87. The molecular formula is C33H39FO5. The topological polar surface area (TPSA) is 54.0 Å². The average Bonchev–Trinajstić information content (AvgIpc) is 3.76. The van der Waals surface area contributed by atoms with E-state index in [1.54, 1.807) is 26.4 Å². The van der Waals surface area contributed by atoms with Gasteiger partial charge in [0.1, 0.15) is 23.9 Å². The Balaban J connectivity index is 1.63. The smallest absolute Gasteiger partial charge is 0.306 e. The van der Waals surface area contributed by atoms with Gasteiger partial charge in [-0.1, -0.05) is 45.0 Å². The second-order valence-corrected chi connectivity index (χ2v) is 11.3. The number of benzene rings is 3. The summed E-state index contributed by atoms with van der Waals surface area (Å²) in [4.78, 5) is 12.0. The zero-order valence-corrected chi connectivity index (χ0v) is 23.8. The molecule has 0 N–H and O–H groups in total. The highest BCUT2D eigenvalue weighted by atomic mass is 19.1. The zero-order chi connectivity index (χ0) is 28.2. The summed E-state index contributed by atoms with van der Waals surface area (Å²) in [5, 5.41) is 0. The molecule has 1 aliphatic rings. The van der Waals surface area contributed by atoms with Gasteiger partial charge in [0.25, 0.3) is 0 Å². The SMILES string of the molecule is COC(=O)C[C@H](c1cccc(OCc2ccc(-c3cc(OC)ccc3F)c([C@@H](OC)C(C)(C)C)c2)c1)C1CC1. The van der Waals surface area contributed by atoms with Gasteiger partial charge in [0, 0.05) is 12.7 Å². The summed E-state index contributed by atoms with van der Waals surface area (Å²) < 4.78 is 37.5. The largest absolute Gasteiger partial charge is 0.497 e. The molecule has 208 valence electrons. The molecule has 0 amide bonds. The Morgan fingerprint density at radius 2 is 1.72 bits per heavy atom. The third kappa shape index (κ3) is 6.99. The van der Waals surface area contributed by atoms with Crippen LogP contribution in [0.15, 0.2) is 60.7 Å². The van der Waals surface area contributed by atoms with E-state index in [4.69, 9.17) is 18.9 Å². The first-order valence-electron chi connectivity index (χ1n) is 13.4. The number of esters is 1. The number of rotatable bonds is 11. The van der Waals surface area contributed by atoms with Gasteiger partial charge in [-0.25, -0.2) is 4.39 Å². The van der Waals surface area contributed by atoms with Crippen molar-refractivity contribution in [1.82, 2.24) is 0 Å². The van der Waals surface area contributed by atoms with Crippen LogP contribution in [0.1, 0.15) is 68.7 Å². The van der Waals surface area contributed by atoms with E-state index >= 15 is 4.39 Å². The lowest BCUT2D eigenvalue weighted by Gasteiger charge is -2.32. The lowest BCUT2D eigenvalue weighted by atomic mass is 9.81. The molecule has 1 aliphatic carbocycles. The molecule has 0 aromatic heterocycles. The minimum Gasteiger partial charge on any atom is -0.497 e. The van der Waals surface area contributed by atoms with Crippen molar-refractivity contribution < 1.29 is 28.1 Å². The Kier molecular flexibility index (Phi) is 8.96. The van der Waals surface area contributed by atoms with Gasteiger partial charge >= 0.3 is 5.97 Å². The first kappa shape index (κ1) is 28.6. The summed E-state index contributed by atoms with van der Waals surface area (Å²) in [7, 11) is 4.69. The van der Waals surface area contributed by atoms with Crippen molar-refractivity contribution in [3.8, 4) is 22.6 Å². The molecule has 2 atom stereocenters. The van der Waals surface area contributed by atoms with E-state index < -0.39 is 0 Å². The number of methoxy groups -OCH3 is 3. The van der Waals surface area contributed by atoms with Crippen molar-refractivity contribution in [1.29, 1.82) is 0 Å². The summed E-state index contributed by atoms with van der Waals surface area (Å²) in [5.41, 5.74) is 3.92. The number of ether oxygens (including phenoxy) is 4. The number of carbonyl (C=O) groups excluding carboxylic acids is 1. The Bertz CT molecular complexity index is 1290. The lowest BCUT2D eigenvalue weighted by molar-refractivity contribution is -0.141. The van der Waals surface area contributed by atoms with Gasteiger partial charge in [-0.2, -0.15) is 0 Å². The van der Waals surface area contributed by atoms with Crippen molar-refractivity contribution in [2.75, 3.05) is 21.3 Å². The van der Waals surface area contributed by atoms with Gasteiger partial charge in [-0.3, -0.25) is 4.79 Å². The Morgan fingerprint density at radius 1 is 0.949 bits per heavy atom. The molecule has 4 rings (SSSR count). The van der Waals surface area contributed by atoms with E-state index in [0.29, 0.717) is 30.3 Å². The van der Waals surface area contributed by atoms with Crippen LogP contribution >= 0.6 is 0 Å². The highest BCUT2D eigenvalue weighted by Crippen LogP contribution is 2.45. The monoisotopic (exact) mass is 534 g/mol. The molecule has 3 aromatic rings. The molecule has 0 bridgehead atoms. The maximum atomic E-state index is 15.0. The summed E-state index contributed by atoms with van der Waals surface area (Å²) in [6.45, 7) is 6.65. The van der Waals surface area contributed by atoms with Crippen molar-refractivity contribution >= 4 is 5.97 Å². The van der Waals surface area contributed by atoms with Crippen LogP contribution in [-0.2, 0) is 20.9 Å². The first-order valence-corrected chi connectivity index (χ1v) is 13.4. The Hall–Kier alpha value is -3.38. The molecule has 5 nitrogen and oxygen atoms in total. The minimum atomic E-state index is -0.321. The molecule has 39 heavy (non-hydrogen) atoms. The van der Waals surface area contributed by atoms with Crippen LogP contribution < -0.4 is 9.47 Å². The fraction of sp³-hybridized carbons (Fsp3) is 0.424. The maximum absolute atomic E-state index is 15.0. The number of hydrogen-bond acceptors (Lipinski definition) is 5. The molecule has 0 saturated heterocycles. The van der Waals surface area contributed by atoms with Gasteiger partial charge in [0.15, 0.2) is 0 Å². The predicted molar refractivity (Wildman–Crippen MR) is 150 cm³/mol. The van der Waals surface area contributed by atoms with Crippen LogP contribution in [0.4, 0.5) is 4.39 Å². The average molecular weight is 535 g/mol. The van der Waals surface area contributed by atoms with Gasteiger partial charge < -0.3 is 18.9 Å². The molecule has 0 spiro atoms. The lowest BCUT2D eigenvalue weighted by Crippen LogP contribution is -2.21. The molecular weight excluding hydrogens is 495 g/mol. The van der Waals surface area contributed by atoms with Crippen molar-refractivity contribution in [3.05, 3.63) is 83.2 Å². The van der Waals surface area contributed by atoms with Gasteiger partial charge in [-0.15, -0.1) is 0 Å². The standard InChI is InChI=1S/C33H39FO5/c1-33(2,3)32(38-6)29-16-21(10-14-26(29)28-18-24(36-4)13-15-30(28)34)20-39-25-9-7-8-23(17-25)27(22-11-12-22)19-31(35)37-5/h7-10,13-18,22,27,32H,11-12,19-20H2,1-6H3/t27-,32+/m0/s1. The Labute approximate surface area is 231 Å². The summed E-state index contributed by atoms with van der Waals surface area (Å²) in [6.07, 6.45) is 2.36. The van der Waals surface area contributed by atoms with Crippen molar-refractivity contribution in [3.63, 3.8) is 0 Å². The van der Waals surface area contributed by atoms with Crippen molar-refractivity contribution in [2.45, 2.75) is 58.7 Å². The van der Waals surface area contributed by atoms with E-state index in [0.717, 1.165) is 40.8 Å². The quantitative estimate of drug-likeness (QED) is 0.234. The highest BCUT2D eigenvalue weighted by molar-refractivity contribution is 5.71. The number of hydrogen-bond donors (Lipinski definition) is 0. The van der Waals surface area contributed by atoms with Crippen LogP contribution in [0.5, 0.6) is 11.5 Å². The van der Waals surface area contributed by atoms with Gasteiger partial charge in [0.05, 0.1) is 26.7 Å². The van der Waals surface area contributed by atoms with Crippen LogP contribution in [0.25, 0.3) is 11.1 Å². The van der Waals surface area contributed by atoms with E-state index in [9.17, 15) is 4.79 Å². The summed E-state index contributed by atoms with van der Waals surface area (Å²) >= 11 is 0. The Morgan fingerprint density at radius 3 is 2.36 bits per heavy atom. The third-order valence-corrected chi connectivity index (χ3v) is 7.38. The third-order valence-electron chi connectivity index (χ3n) is 7.38. The minimum absolute atomic E-state index is 0.138. The second kappa shape index (κ2) is 12.2. The summed E-state index contributed by atoms with van der Waals surface area (Å²) in [5.74, 6) is 1.47. The molecule has 0 heterocycles. The normalized spacial score (nSPS) is 14.9. The van der Waals surface area contributed by atoms with Gasteiger partial charge in [-0.05, 0) is 88.7 Å². The molecule has 0 aliphatic heterocycles. The van der Waals surface area contributed by atoms with E-state index in [2.05, 4.69) is 26.8 Å². The van der Waals surface area contributed by atoms with E-state index in [1.165, 1.54) is 13.2 Å². The second-order valence-electron chi connectivity index (χ2n) is 11.3. The fourth-order valence-electron chi connectivity index (χ4n) is 5.27. The molecule has 1 saturated carbocycles. The van der Waals surface area contributed by atoms with E-state index in [-0.39, 0.29) is 29.2 Å². The molecule has 0 unspecified atom stereocenters. The maximum Gasteiger partial charge on any atom is 0.306 e. The zero-order valence-electron chi connectivity index (χ0n) is 23.8. The van der Waals surface area contributed by atoms with E-state index in [1.807, 2.05) is 36.4 Å².